The molecule has 1 amide bonds. The average molecular weight is 445 g/mol. The zero-order valence-corrected chi connectivity index (χ0v) is 19.2. The molecule has 1 N–H and O–H groups in total. The van der Waals surface area contributed by atoms with E-state index in [1.54, 1.807) is 18.3 Å². The summed E-state index contributed by atoms with van der Waals surface area (Å²) in [4.78, 5) is 39.8. The van der Waals surface area contributed by atoms with Gasteiger partial charge in [-0.25, -0.2) is 0 Å². The van der Waals surface area contributed by atoms with Crippen molar-refractivity contribution in [3.63, 3.8) is 0 Å². The fourth-order valence-electron chi connectivity index (χ4n) is 4.30. The van der Waals surface area contributed by atoms with Crippen LogP contribution in [0.3, 0.4) is 0 Å². The van der Waals surface area contributed by atoms with E-state index in [2.05, 4.69) is 5.32 Å². The van der Waals surface area contributed by atoms with Crippen molar-refractivity contribution in [2.45, 2.75) is 40.2 Å². The summed E-state index contributed by atoms with van der Waals surface area (Å²) in [6.07, 6.45) is 2.46. The highest BCUT2D eigenvalue weighted by molar-refractivity contribution is 6.04. The van der Waals surface area contributed by atoms with Crippen molar-refractivity contribution in [2.24, 2.45) is 5.41 Å². The van der Waals surface area contributed by atoms with Gasteiger partial charge in [0.05, 0.1) is 6.61 Å². The normalized spacial score (nSPS) is 14.5. The van der Waals surface area contributed by atoms with Gasteiger partial charge in [-0.05, 0) is 54.2 Å². The van der Waals surface area contributed by atoms with Crippen molar-refractivity contribution in [2.75, 3.05) is 6.61 Å². The van der Waals surface area contributed by atoms with Gasteiger partial charge in [0.2, 0.25) is 0 Å². The number of carbonyl (C=O) groups is 2. The SMILES string of the molecule is CCOc1ccc(CNC(=O)c2c3c(cn(-c4ccccc4)c2=O)C(=O)CC(C)(C)C3)cc1. The minimum absolute atomic E-state index is 0.0448. The Morgan fingerprint density at radius 1 is 1.03 bits per heavy atom. The van der Waals surface area contributed by atoms with Crippen LogP contribution in [0.2, 0.25) is 0 Å². The van der Waals surface area contributed by atoms with Crippen molar-refractivity contribution in [3.8, 4) is 11.4 Å². The maximum atomic E-state index is 13.5. The molecule has 1 aromatic heterocycles. The summed E-state index contributed by atoms with van der Waals surface area (Å²) >= 11 is 0. The molecule has 0 unspecified atom stereocenters. The van der Waals surface area contributed by atoms with E-state index in [9.17, 15) is 14.4 Å². The lowest BCUT2D eigenvalue weighted by molar-refractivity contribution is 0.0909. The Morgan fingerprint density at radius 3 is 2.39 bits per heavy atom. The van der Waals surface area contributed by atoms with Crippen LogP contribution in [0.5, 0.6) is 5.75 Å². The highest BCUT2D eigenvalue weighted by atomic mass is 16.5. The number of hydrogen-bond donors (Lipinski definition) is 1. The summed E-state index contributed by atoms with van der Waals surface area (Å²) in [6.45, 7) is 6.73. The maximum Gasteiger partial charge on any atom is 0.268 e. The number of pyridine rings is 1. The topological polar surface area (TPSA) is 77.4 Å². The maximum absolute atomic E-state index is 13.5. The first-order chi connectivity index (χ1) is 15.8. The smallest absolute Gasteiger partial charge is 0.268 e. The third-order valence-electron chi connectivity index (χ3n) is 5.86. The van der Waals surface area contributed by atoms with E-state index in [0.717, 1.165) is 11.3 Å². The van der Waals surface area contributed by atoms with Crippen LogP contribution in [0.4, 0.5) is 0 Å². The van der Waals surface area contributed by atoms with E-state index in [1.165, 1.54) is 4.57 Å². The lowest BCUT2D eigenvalue weighted by atomic mass is 9.73. The van der Waals surface area contributed by atoms with Gasteiger partial charge < -0.3 is 10.1 Å². The van der Waals surface area contributed by atoms with Crippen LogP contribution >= 0.6 is 0 Å². The molecule has 0 radical (unpaired) electrons. The van der Waals surface area contributed by atoms with Gasteiger partial charge in [0.15, 0.2) is 5.78 Å². The summed E-state index contributed by atoms with van der Waals surface area (Å²) in [5.74, 6) is 0.239. The number of ether oxygens (including phenoxy) is 1. The Balaban J connectivity index is 1.72. The van der Waals surface area contributed by atoms with Crippen molar-refractivity contribution in [3.05, 3.63) is 93.4 Å². The Morgan fingerprint density at radius 2 is 1.73 bits per heavy atom. The molecule has 6 nitrogen and oxygen atoms in total. The van der Waals surface area contributed by atoms with Gasteiger partial charge in [-0.3, -0.25) is 19.0 Å². The van der Waals surface area contributed by atoms with E-state index in [-0.39, 0.29) is 23.3 Å². The molecule has 0 atom stereocenters. The molecule has 0 spiro atoms. The molecule has 0 aliphatic heterocycles. The number of amides is 1. The molecular formula is C27H28N2O4. The fourth-order valence-corrected chi connectivity index (χ4v) is 4.30. The average Bonchev–Trinajstić information content (AvgIpc) is 2.78. The lowest BCUT2D eigenvalue weighted by Crippen LogP contribution is -2.38. The first-order valence-corrected chi connectivity index (χ1v) is 11.2. The third-order valence-corrected chi connectivity index (χ3v) is 5.86. The molecule has 3 aromatic rings. The van der Waals surface area contributed by atoms with E-state index in [1.807, 2.05) is 63.2 Å². The summed E-state index contributed by atoms with van der Waals surface area (Å²) < 4.78 is 6.86. The van der Waals surface area contributed by atoms with Gasteiger partial charge >= 0.3 is 0 Å². The Bertz CT molecular complexity index is 1240. The van der Waals surface area contributed by atoms with Crippen LogP contribution < -0.4 is 15.6 Å². The van der Waals surface area contributed by atoms with Crippen LogP contribution in [0, 0.1) is 5.41 Å². The highest BCUT2D eigenvalue weighted by Gasteiger charge is 2.35. The van der Waals surface area contributed by atoms with Crippen LogP contribution in [-0.2, 0) is 13.0 Å². The van der Waals surface area contributed by atoms with E-state index >= 15 is 0 Å². The monoisotopic (exact) mass is 444 g/mol. The Labute approximate surface area is 193 Å². The molecule has 170 valence electrons. The number of carbonyl (C=O) groups excluding carboxylic acids is 2. The van der Waals surface area contributed by atoms with E-state index in [4.69, 9.17) is 4.74 Å². The van der Waals surface area contributed by atoms with Crippen LogP contribution in [0.15, 0.2) is 65.6 Å². The number of Topliss-reactive ketones (excluding diaryl/α,β-unsaturated/α-hetero) is 1. The molecule has 0 bridgehead atoms. The standard InChI is InChI=1S/C27H28N2O4/c1-4-33-20-12-10-18(11-13-20)16-28-25(31)24-21-14-27(2,3)15-23(30)22(21)17-29(26(24)32)19-8-6-5-7-9-19/h5-13,17H,4,14-16H2,1-3H3,(H,28,31). The molecule has 0 saturated carbocycles. The number of aromatic nitrogens is 1. The molecule has 0 saturated heterocycles. The zero-order valence-electron chi connectivity index (χ0n) is 19.2. The Kier molecular flexibility index (Phi) is 6.18. The van der Waals surface area contributed by atoms with Crippen LogP contribution in [-0.4, -0.2) is 22.9 Å². The summed E-state index contributed by atoms with van der Waals surface area (Å²) in [7, 11) is 0. The summed E-state index contributed by atoms with van der Waals surface area (Å²) in [5, 5.41) is 2.87. The summed E-state index contributed by atoms with van der Waals surface area (Å²) in [6, 6.07) is 16.5. The molecule has 0 fully saturated rings. The fraction of sp³-hybridized carbons (Fsp3) is 0.296. The Hall–Kier alpha value is -3.67. The van der Waals surface area contributed by atoms with Gasteiger partial charge in [0.1, 0.15) is 11.3 Å². The first-order valence-electron chi connectivity index (χ1n) is 11.2. The number of rotatable bonds is 6. The van der Waals surface area contributed by atoms with Crippen molar-refractivity contribution < 1.29 is 14.3 Å². The first kappa shape index (κ1) is 22.5. The third kappa shape index (κ3) is 4.75. The molecule has 4 rings (SSSR count). The van der Waals surface area contributed by atoms with Gasteiger partial charge in [0, 0.05) is 30.4 Å². The van der Waals surface area contributed by atoms with Gasteiger partial charge in [-0.2, -0.15) is 0 Å². The molecular weight excluding hydrogens is 416 g/mol. The zero-order chi connectivity index (χ0) is 23.6. The molecule has 33 heavy (non-hydrogen) atoms. The number of para-hydroxylation sites is 1. The lowest BCUT2D eigenvalue weighted by Gasteiger charge is -2.31. The second-order valence-electron chi connectivity index (χ2n) is 9.11. The minimum Gasteiger partial charge on any atom is -0.494 e. The molecule has 2 aromatic carbocycles. The number of benzene rings is 2. The van der Waals surface area contributed by atoms with Crippen molar-refractivity contribution in [1.82, 2.24) is 9.88 Å². The number of nitrogens with zero attached hydrogens (tertiary/aromatic N) is 1. The molecule has 6 heteroatoms. The van der Waals surface area contributed by atoms with E-state index < -0.39 is 11.5 Å². The van der Waals surface area contributed by atoms with Gasteiger partial charge in [-0.1, -0.05) is 44.2 Å². The predicted molar refractivity (Wildman–Crippen MR) is 127 cm³/mol. The second kappa shape index (κ2) is 9.06. The predicted octanol–water partition coefficient (Wildman–Crippen LogP) is 4.32. The molecule has 1 aliphatic carbocycles. The molecule has 1 aliphatic rings. The molecule has 1 heterocycles. The largest absolute Gasteiger partial charge is 0.494 e. The second-order valence-corrected chi connectivity index (χ2v) is 9.11. The number of fused-ring (bicyclic) bond motifs is 1. The van der Waals surface area contributed by atoms with E-state index in [0.29, 0.717) is 36.3 Å². The van der Waals surface area contributed by atoms with Crippen LogP contribution in [0.25, 0.3) is 5.69 Å². The van der Waals surface area contributed by atoms with Crippen LogP contribution in [0.1, 0.15) is 59.0 Å². The van der Waals surface area contributed by atoms with Crippen molar-refractivity contribution >= 4 is 11.7 Å². The number of nitrogens with one attached hydrogen (secondary N) is 1. The minimum atomic E-state index is -0.471. The number of ketones is 1. The highest BCUT2D eigenvalue weighted by Crippen LogP contribution is 2.35. The number of hydrogen-bond acceptors (Lipinski definition) is 4. The van der Waals surface area contributed by atoms with Gasteiger partial charge in [-0.15, -0.1) is 0 Å². The van der Waals surface area contributed by atoms with Crippen molar-refractivity contribution in [1.29, 1.82) is 0 Å². The van der Waals surface area contributed by atoms with Gasteiger partial charge in [0.25, 0.3) is 11.5 Å². The quantitative estimate of drug-likeness (QED) is 0.614. The summed E-state index contributed by atoms with van der Waals surface area (Å²) in [5.41, 5.74) is 1.79.